The van der Waals surface area contributed by atoms with E-state index in [1.165, 1.54) is 12.4 Å². The van der Waals surface area contributed by atoms with Crippen molar-refractivity contribution in [3.63, 3.8) is 0 Å². The molecule has 6 nitrogen and oxygen atoms in total. The van der Waals surface area contributed by atoms with Gasteiger partial charge in [-0.05, 0) is 13.8 Å². The maximum Gasteiger partial charge on any atom is 0.238 e. The molecule has 0 amide bonds. The number of hydrogen-bond donors (Lipinski definition) is 1. The lowest BCUT2D eigenvalue weighted by Crippen LogP contribution is -2.11. The first-order chi connectivity index (χ1) is 8.49. The highest BCUT2D eigenvalue weighted by atomic mass is 32.1. The molecule has 0 atom stereocenters. The zero-order valence-electron chi connectivity index (χ0n) is 10.3. The molecule has 2 rings (SSSR count). The number of ether oxygens (including phenoxy) is 1. The van der Waals surface area contributed by atoms with Crippen molar-refractivity contribution in [2.75, 3.05) is 0 Å². The Morgan fingerprint density at radius 2 is 2.06 bits per heavy atom. The van der Waals surface area contributed by atoms with E-state index in [4.69, 9.17) is 22.7 Å². The third-order valence-electron chi connectivity index (χ3n) is 2.53. The second-order valence-corrected chi connectivity index (χ2v) is 4.27. The van der Waals surface area contributed by atoms with Crippen molar-refractivity contribution in [3.8, 4) is 11.6 Å². The van der Waals surface area contributed by atoms with Crippen molar-refractivity contribution < 1.29 is 4.74 Å². The molecule has 0 radical (unpaired) electrons. The molecule has 0 aliphatic rings. The number of aryl methyl sites for hydroxylation is 2. The van der Waals surface area contributed by atoms with Crippen molar-refractivity contribution in [2.45, 2.75) is 13.8 Å². The summed E-state index contributed by atoms with van der Waals surface area (Å²) < 4.78 is 7.41. The molecule has 0 fully saturated rings. The molecule has 0 unspecified atom stereocenters. The number of nitrogens with zero attached hydrogens (tertiary/aromatic N) is 4. The van der Waals surface area contributed by atoms with E-state index in [-0.39, 0.29) is 4.99 Å². The highest BCUT2D eigenvalue weighted by Crippen LogP contribution is 2.26. The smallest absolute Gasteiger partial charge is 0.238 e. The maximum absolute atomic E-state index is 5.65. The van der Waals surface area contributed by atoms with Crippen LogP contribution < -0.4 is 10.5 Å². The van der Waals surface area contributed by atoms with Crippen LogP contribution in [0, 0.1) is 13.8 Å². The van der Waals surface area contributed by atoms with E-state index in [1.54, 1.807) is 4.68 Å². The summed E-state index contributed by atoms with van der Waals surface area (Å²) in [7, 11) is 1.86. The normalized spacial score (nSPS) is 10.4. The summed E-state index contributed by atoms with van der Waals surface area (Å²) >= 11 is 4.80. The fraction of sp³-hybridized carbons (Fsp3) is 0.273. The molecule has 2 N–H and O–H groups in total. The topological polar surface area (TPSA) is 78.8 Å². The van der Waals surface area contributed by atoms with Gasteiger partial charge in [0.15, 0.2) is 5.75 Å². The number of rotatable bonds is 3. The minimum absolute atomic E-state index is 0.211. The molecule has 2 aromatic heterocycles. The highest BCUT2D eigenvalue weighted by Gasteiger charge is 2.12. The molecule has 0 bridgehead atoms. The van der Waals surface area contributed by atoms with Crippen LogP contribution in [0.1, 0.15) is 17.1 Å². The van der Waals surface area contributed by atoms with Crippen LogP contribution in [-0.2, 0) is 7.05 Å². The van der Waals surface area contributed by atoms with Crippen molar-refractivity contribution in [3.05, 3.63) is 29.5 Å². The van der Waals surface area contributed by atoms with Crippen LogP contribution in [-0.4, -0.2) is 24.7 Å². The van der Waals surface area contributed by atoms with Crippen molar-refractivity contribution >= 4 is 17.2 Å². The molecule has 0 spiro atoms. The number of aromatic nitrogens is 4. The lowest BCUT2D eigenvalue weighted by Gasteiger charge is -2.05. The maximum atomic E-state index is 5.65. The standard InChI is InChI=1S/C11H13N5OS/c1-6-10(7(2)16(3)15-6)17-9-5-13-8(4-14-9)11(12)18/h4-5H,1-3H3,(H2,12,18). The summed E-state index contributed by atoms with van der Waals surface area (Å²) in [4.78, 5) is 8.37. The van der Waals surface area contributed by atoms with Crippen molar-refractivity contribution in [1.82, 2.24) is 19.7 Å². The molecule has 2 aromatic rings. The average molecular weight is 263 g/mol. The van der Waals surface area contributed by atoms with Gasteiger partial charge in [-0.25, -0.2) is 9.97 Å². The molecule has 0 aromatic carbocycles. The van der Waals surface area contributed by atoms with Crippen LogP contribution in [0.5, 0.6) is 11.6 Å². The fourth-order valence-electron chi connectivity index (χ4n) is 1.50. The van der Waals surface area contributed by atoms with Gasteiger partial charge in [-0.1, -0.05) is 12.2 Å². The van der Waals surface area contributed by atoms with Crippen molar-refractivity contribution in [1.29, 1.82) is 0 Å². The summed E-state index contributed by atoms with van der Waals surface area (Å²) in [6.07, 6.45) is 2.97. The Morgan fingerprint density at radius 3 is 2.50 bits per heavy atom. The Labute approximate surface area is 110 Å². The SMILES string of the molecule is Cc1nn(C)c(C)c1Oc1cnc(C(N)=S)cn1. The average Bonchev–Trinajstić information content (AvgIpc) is 2.57. The summed E-state index contributed by atoms with van der Waals surface area (Å²) in [5.41, 5.74) is 7.64. The predicted octanol–water partition coefficient (Wildman–Crippen LogP) is 1.25. The molecule has 18 heavy (non-hydrogen) atoms. The van der Waals surface area contributed by atoms with Crippen LogP contribution in [0.4, 0.5) is 0 Å². The van der Waals surface area contributed by atoms with Crippen LogP contribution in [0.3, 0.4) is 0 Å². The quantitative estimate of drug-likeness (QED) is 0.840. The van der Waals surface area contributed by atoms with E-state index in [9.17, 15) is 0 Å². The largest absolute Gasteiger partial charge is 0.434 e. The molecule has 94 valence electrons. The minimum atomic E-state index is 0.211. The Hall–Kier alpha value is -2.02. The van der Waals surface area contributed by atoms with E-state index in [0.717, 1.165) is 11.4 Å². The van der Waals surface area contributed by atoms with Gasteiger partial charge in [0.25, 0.3) is 0 Å². The molecule has 2 heterocycles. The molecular formula is C11H13N5OS. The summed E-state index contributed by atoms with van der Waals surface area (Å²) in [5, 5.41) is 4.26. The van der Waals surface area contributed by atoms with Gasteiger partial charge >= 0.3 is 0 Å². The van der Waals surface area contributed by atoms with Gasteiger partial charge < -0.3 is 10.5 Å². The van der Waals surface area contributed by atoms with Crippen LogP contribution in [0.15, 0.2) is 12.4 Å². The molecule has 0 saturated carbocycles. The summed E-state index contributed by atoms with van der Waals surface area (Å²) in [6, 6.07) is 0. The van der Waals surface area contributed by atoms with Crippen molar-refractivity contribution in [2.24, 2.45) is 12.8 Å². The number of hydrogen-bond acceptors (Lipinski definition) is 5. The van der Waals surface area contributed by atoms with E-state index in [1.807, 2.05) is 20.9 Å². The fourth-order valence-corrected chi connectivity index (χ4v) is 1.61. The summed E-state index contributed by atoms with van der Waals surface area (Å²) in [5.74, 6) is 1.07. The third-order valence-corrected chi connectivity index (χ3v) is 2.74. The van der Waals surface area contributed by atoms with E-state index >= 15 is 0 Å². The molecular weight excluding hydrogens is 250 g/mol. The van der Waals surface area contributed by atoms with Gasteiger partial charge in [0.05, 0.1) is 18.1 Å². The first-order valence-corrected chi connectivity index (χ1v) is 5.69. The van der Waals surface area contributed by atoms with Crippen LogP contribution >= 0.6 is 12.2 Å². The Morgan fingerprint density at radius 1 is 1.33 bits per heavy atom. The Balaban J connectivity index is 2.26. The molecule has 7 heteroatoms. The molecule has 0 aliphatic carbocycles. The Bertz CT molecular complexity index is 590. The van der Waals surface area contributed by atoms with Gasteiger partial charge in [0.1, 0.15) is 16.4 Å². The first kappa shape index (κ1) is 12.4. The predicted molar refractivity (Wildman–Crippen MR) is 70.7 cm³/mol. The lowest BCUT2D eigenvalue weighted by atomic mass is 10.3. The molecule has 0 saturated heterocycles. The first-order valence-electron chi connectivity index (χ1n) is 5.29. The van der Waals surface area contributed by atoms with E-state index in [0.29, 0.717) is 17.3 Å². The van der Waals surface area contributed by atoms with E-state index < -0.39 is 0 Å². The second-order valence-electron chi connectivity index (χ2n) is 3.83. The van der Waals surface area contributed by atoms with Crippen LogP contribution in [0.25, 0.3) is 0 Å². The van der Waals surface area contributed by atoms with Crippen LogP contribution in [0.2, 0.25) is 0 Å². The van der Waals surface area contributed by atoms with Gasteiger partial charge in [0.2, 0.25) is 5.88 Å². The summed E-state index contributed by atoms with van der Waals surface area (Å²) in [6.45, 7) is 3.80. The van der Waals surface area contributed by atoms with Gasteiger partial charge in [0, 0.05) is 7.05 Å². The van der Waals surface area contributed by atoms with Gasteiger partial charge in [-0.3, -0.25) is 4.68 Å². The highest BCUT2D eigenvalue weighted by molar-refractivity contribution is 7.80. The van der Waals surface area contributed by atoms with E-state index in [2.05, 4.69) is 15.1 Å². The number of thiocarbonyl (C=S) groups is 1. The minimum Gasteiger partial charge on any atom is -0.434 e. The van der Waals surface area contributed by atoms with Gasteiger partial charge in [-0.2, -0.15) is 5.10 Å². The zero-order chi connectivity index (χ0) is 13.3. The number of nitrogens with two attached hydrogens (primary N) is 1. The monoisotopic (exact) mass is 263 g/mol. The lowest BCUT2D eigenvalue weighted by molar-refractivity contribution is 0.452. The third kappa shape index (κ3) is 2.30. The molecule has 0 aliphatic heterocycles. The second kappa shape index (κ2) is 4.69. The zero-order valence-corrected chi connectivity index (χ0v) is 11.2. The van der Waals surface area contributed by atoms with Gasteiger partial charge in [-0.15, -0.1) is 0 Å². The Kier molecular flexibility index (Phi) is 3.24.